The van der Waals surface area contributed by atoms with Crippen LogP contribution in [0.15, 0.2) is 6.07 Å². The zero-order chi connectivity index (χ0) is 11.5. The summed E-state index contributed by atoms with van der Waals surface area (Å²) in [6.45, 7) is 6.53. The van der Waals surface area contributed by atoms with E-state index in [1.807, 2.05) is 18.7 Å². The molecule has 1 aromatic heterocycles. The number of amides is 1. The van der Waals surface area contributed by atoms with Crippen molar-refractivity contribution in [3.8, 4) is 0 Å². The predicted octanol–water partition coefficient (Wildman–Crippen LogP) is 0.542. The summed E-state index contributed by atoms with van der Waals surface area (Å²) in [5, 5.41) is 10.1. The standard InChI is InChI=1S/C11H18N4O/c1-3-15(9-4-5-12-7-9)11(16)10-6-8(2)13-14-10/h6,9,12H,3-5,7H2,1-2H3,(H,13,14). The highest BCUT2D eigenvalue weighted by atomic mass is 16.2. The highest BCUT2D eigenvalue weighted by molar-refractivity contribution is 5.92. The van der Waals surface area contributed by atoms with Gasteiger partial charge in [-0.2, -0.15) is 5.10 Å². The average Bonchev–Trinajstić information content (AvgIpc) is 2.90. The zero-order valence-electron chi connectivity index (χ0n) is 9.79. The van der Waals surface area contributed by atoms with E-state index in [0.29, 0.717) is 11.7 Å². The van der Waals surface area contributed by atoms with Crippen LogP contribution in [0.25, 0.3) is 0 Å². The molecule has 1 aliphatic heterocycles. The lowest BCUT2D eigenvalue weighted by molar-refractivity contribution is 0.0697. The van der Waals surface area contributed by atoms with Gasteiger partial charge in [0.15, 0.2) is 0 Å². The van der Waals surface area contributed by atoms with Crippen LogP contribution >= 0.6 is 0 Å². The molecule has 16 heavy (non-hydrogen) atoms. The van der Waals surface area contributed by atoms with Gasteiger partial charge >= 0.3 is 0 Å². The van der Waals surface area contributed by atoms with E-state index in [0.717, 1.165) is 31.7 Å². The van der Waals surface area contributed by atoms with Gasteiger partial charge in [-0.1, -0.05) is 0 Å². The highest BCUT2D eigenvalue weighted by Gasteiger charge is 2.27. The predicted molar refractivity (Wildman–Crippen MR) is 61.3 cm³/mol. The number of aromatic nitrogens is 2. The van der Waals surface area contributed by atoms with E-state index in [1.165, 1.54) is 0 Å². The number of H-pyrrole nitrogens is 1. The quantitative estimate of drug-likeness (QED) is 0.784. The Morgan fingerprint density at radius 3 is 3.00 bits per heavy atom. The second kappa shape index (κ2) is 4.65. The summed E-state index contributed by atoms with van der Waals surface area (Å²) in [5.41, 5.74) is 1.44. The van der Waals surface area contributed by atoms with E-state index in [4.69, 9.17) is 0 Å². The molecule has 2 heterocycles. The van der Waals surface area contributed by atoms with Crippen molar-refractivity contribution in [2.45, 2.75) is 26.3 Å². The van der Waals surface area contributed by atoms with E-state index >= 15 is 0 Å². The first-order valence-electron chi connectivity index (χ1n) is 5.76. The maximum Gasteiger partial charge on any atom is 0.274 e. The first-order valence-corrected chi connectivity index (χ1v) is 5.76. The number of carbonyl (C=O) groups is 1. The van der Waals surface area contributed by atoms with Gasteiger partial charge in [0.2, 0.25) is 0 Å². The van der Waals surface area contributed by atoms with E-state index in [-0.39, 0.29) is 5.91 Å². The van der Waals surface area contributed by atoms with Crippen molar-refractivity contribution in [3.05, 3.63) is 17.5 Å². The number of carbonyl (C=O) groups excluding carboxylic acids is 1. The number of hydrogen-bond acceptors (Lipinski definition) is 3. The summed E-state index contributed by atoms with van der Waals surface area (Å²) in [4.78, 5) is 14.1. The topological polar surface area (TPSA) is 61.0 Å². The number of rotatable bonds is 3. The lowest BCUT2D eigenvalue weighted by Crippen LogP contribution is -2.41. The number of nitrogens with zero attached hydrogens (tertiary/aromatic N) is 2. The van der Waals surface area contributed by atoms with E-state index in [1.54, 1.807) is 6.07 Å². The molecule has 1 amide bonds. The summed E-state index contributed by atoms with van der Waals surface area (Å²) in [5.74, 6) is 0.0283. The lowest BCUT2D eigenvalue weighted by atomic mass is 10.2. The molecule has 0 saturated carbocycles. The Kier molecular flexibility index (Phi) is 3.24. The molecule has 0 aromatic carbocycles. The van der Waals surface area contributed by atoms with Crippen LogP contribution in [-0.4, -0.2) is 46.7 Å². The van der Waals surface area contributed by atoms with Crippen LogP contribution < -0.4 is 5.32 Å². The minimum atomic E-state index is 0.0283. The fourth-order valence-electron chi connectivity index (χ4n) is 2.15. The molecular weight excluding hydrogens is 204 g/mol. The smallest absolute Gasteiger partial charge is 0.274 e. The zero-order valence-corrected chi connectivity index (χ0v) is 9.79. The second-order valence-corrected chi connectivity index (χ2v) is 4.17. The Hall–Kier alpha value is -1.36. The van der Waals surface area contributed by atoms with Crippen molar-refractivity contribution in [1.82, 2.24) is 20.4 Å². The van der Waals surface area contributed by atoms with E-state index in [2.05, 4.69) is 15.5 Å². The summed E-state index contributed by atoms with van der Waals surface area (Å²) < 4.78 is 0. The molecule has 0 aliphatic carbocycles. The fourth-order valence-corrected chi connectivity index (χ4v) is 2.15. The molecule has 5 heteroatoms. The molecule has 2 N–H and O–H groups in total. The Balaban J connectivity index is 2.11. The van der Waals surface area contributed by atoms with Crippen molar-refractivity contribution in [3.63, 3.8) is 0 Å². The molecule has 2 rings (SSSR count). The highest BCUT2D eigenvalue weighted by Crippen LogP contribution is 2.12. The molecule has 1 unspecified atom stereocenters. The number of likely N-dealkylation sites (N-methyl/N-ethyl adjacent to an activating group) is 1. The third-order valence-electron chi connectivity index (χ3n) is 3.00. The first kappa shape index (κ1) is 11.1. The number of nitrogens with one attached hydrogen (secondary N) is 2. The Labute approximate surface area is 95.2 Å². The number of hydrogen-bond donors (Lipinski definition) is 2. The monoisotopic (exact) mass is 222 g/mol. The van der Waals surface area contributed by atoms with Crippen molar-refractivity contribution < 1.29 is 4.79 Å². The van der Waals surface area contributed by atoms with Gasteiger partial charge in [-0.15, -0.1) is 0 Å². The Morgan fingerprint density at radius 2 is 2.50 bits per heavy atom. The largest absolute Gasteiger partial charge is 0.333 e. The van der Waals surface area contributed by atoms with Gasteiger partial charge in [0.25, 0.3) is 5.91 Å². The molecule has 1 aromatic rings. The number of aromatic amines is 1. The normalized spacial score (nSPS) is 20.0. The molecular formula is C11H18N4O. The maximum absolute atomic E-state index is 12.2. The van der Waals surface area contributed by atoms with Crippen molar-refractivity contribution >= 4 is 5.91 Å². The van der Waals surface area contributed by atoms with Gasteiger partial charge in [-0.25, -0.2) is 0 Å². The van der Waals surface area contributed by atoms with Gasteiger partial charge in [0, 0.05) is 24.8 Å². The van der Waals surface area contributed by atoms with Crippen LogP contribution in [0.1, 0.15) is 29.5 Å². The molecule has 1 aliphatic rings. The third-order valence-corrected chi connectivity index (χ3v) is 3.00. The van der Waals surface area contributed by atoms with E-state index in [9.17, 15) is 4.79 Å². The second-order valence-electron chi connectivity index (χ2n) is 4.17. The SMILES string of the molecule is CCN(C(=O)c1cc(C)[nH]n1)C1CCNC1. The summed E-state index contributed by atoms with van der Waals surface area (Å²) in [7, 11) is 0. The van der Waals surface area contributed by atoms with Gasteiger partial charge in [-0.05, 0) is 32.9 Å². The maximum atomic E-state index is 12.2. The molecule has 1 fully saturated rings. The summed E-state index contributed by atoms with van der Waals surface area (Å²) in [6.07, 6.45) is 1.03. The van der Waals surface area contributed by atoms with Crippen LogP contribution in [0.4, 0.5) is 0 Å². The Morgan fingerprint density at radius 1 is 1.69 bits per heavy atom. The van der Waals surface area contributed by atoms with E-state index < -0.39 is 0 Å². The van der Waals surface area contributed by atoms with Crippen molar-refractivity contribution in [2.24, 2.45) is 0 Å². The van der Waals surface area contributed by atoms with Crippen LogP contribution in [0.2, 0.25) is 0 Å². The minimum absolute atomic E-state index is 0.0283. The third kappa shape index (κ3) is 2.09. The molecule has 88 valence electrons. The fraction of sp³-hybridized carbons (Fsp3) is 0.636. The van der Waals surface area contributed by atoms with Crippen LogP contribution in [0, 0.1) is 6.92 Å². The van der Waals surface area contributed by atoms with Crippen molar-refractivity contribution in [2.75, 3.05) is 19.6 Å². The van der Waals surface area contributed by atoms with Crippen LogP contribution in [0.5, 0.6) is 0 Å². The molecule has 5 nitrogen and oxygen atoms in total. The van der Waals surface area contributed by atoms with Crippen molar-refractivity contribution in [1.29, 1.82) is 0 Å². The first-order chi connectivity index (χ1) is 7.72. The van der Waals surface area contributed by atoms with Gasteiger partial charge in [-0.3, -0.25) is 9.89 Å². The van der Waals surface area contributed by atoms with Crippen LogP contribution in [0.3, 0.4) is 0 Å². The Bertz CT molecular complexity index is 368. The van der Waals surface area contributed by atoms with Crippen LogP contribution in [-0.2, 0) is 0 Å². The van der Waals surface area contributed by atoms with Gasteiger partial charge in [0.1, 0.15) is 5.69 Å². The molecule has 0 bridgehead atoms. The molecule has 0 radical (unpaired) electrons. The minimum Gasteiger partial charge on any atom is -0.333 e. The summed E-state index contributed by atoms with van der Waals surface area (Å²) in [6, 6.07) is 2.11. The lowest BCUT2D eigenvalue weighted by Gasteiger charge is -2.26. The molecule has 1 saturated heterocycles. The molecule has 0 spiro atoms. The number of aryl methyl sites for hydroxylation is 1. The summed E-state index contributed by atoms with van der Waals surface area (Å²) >= 11 is 0. The van der Waals surface area contributed by atoms with Gasteiger partial charge < -0.3 is 10.2 Å². The average molecular weight is 222 g/mol. The van der Waals surface area contributed by atoms with Gasteiger partial charge in [0.05, 0.1) is 0 Å². The molecule has 1 atom stereocenters.